The van der Waals surface area contributed by atoms with E-state index in [0.717, 1.165) is 30.6 Å². The highest BCUT2D eigenvalue weighted by atomic mass is 16.5. The van der Waals surface area contributed by atoms with Crippen molar-refractivity contribution in [2.45, 2.75) is 37.9 Å². The third kappa shape index (κ3) is 3.17. The molecule has 0 bridgehead atoms. The first-order chi connectivity index (χ1) is 16.1. The van der Waals surface area contributed by atoms with Crippen molar-refractivity contribution in [1.29, 1.82) is 0 Å². The van der Waals surface area contributed by atoms with Crippen LogP contribution in [0.15, 0.2) is 57.3 Å². The number of aromatic nitrogens is 2. The summed E-state index contributed by atoms with van der Waals surface area (Å²) in [5, 5.41) is 13.6. The van der Waals surface area contributed by atoms with Crippen molar-refractivity contribution in [2.75, 3.05) is 12.0 Å². The van der Waals surface area contributed by atoms with Gasteiger partial charge in [0.05, 0.1) is 12.8 Å². The molecule has 0 N–H and O–H groups in total. The predicted molar refractivity (Wildman–Crippen MR) is 115 cm³/mol. The summed E-state index contributed by atoms with van der Waals surface area (Å²) in [7, 11) is 1.60. The number of hydrogen-bond acceptors (Lipinski definition) is 9. The van der Waals surface area contributed by atoms with Crippen LogP contribution in [0.2, 0.25) is 0 Å². The topological polar surface area (TPSA) is 113 Å². The molecular weight excluding hydrogens is 424 g/mol. The number of rotatable bonds is 5. The number of fused-ring (bicyclic) bond motifs is 2. The predicted octanol–water partition coefficient (Wildman–Crippen LogP) is 2.73. The van der Waals surface area contributed by atoms with Crippen molar-refractivity contribution in [3.63, 3.8) is 0 Å². The molecule has 0 spiro atoms. The molecule has 0 radical (unpaired) electrons. The number of carbonyl (C=O) groups is 2. The number of anilines is 1. The molecular formula is C23H20N6O4. The van der Waals surface area contributed by atoms with Gasteiger partial charge in [0.15, 0.2) is 12.1 Å². The van der Waals surface area contributed by atoms with Crippen molar-refractivity contribution in [3.05, 3.63) is 59.5 Å². The van der Waals surface area contributed by atoms with E-state index in [1.165, 1.54) is 21.0 Å². The zero-order valence-electron chi connectivity index (χ0n) is 17.8. The van der Waals surface area contributed by atoms with Crippen LogP contribution in [-0.4, -0.2) is 46.2 Å². The molecule has 6 rings (SSSR count). The molecule has 2 atom stereocenters. The summed E-state index contributed by atoms with van der Waals surface area (Å²) in [6.07, 6.45) is 3.09. The van der Waals surface area contributed by atoms with Gasteiger partial charge in [-0.25, -0.2) is 4.90 Å². The smallest absolute Gasteiger partial charge is 0.263 e. The van der Waals surface area contributed by atoms with Crippen molar-refractivity contribution in [2.24, 2.45) is 10.3 Å². The summed E-state index contributed by atoms with van der Waals surface area (Å²) >= 11 is 0. The zero-order chi connectivity index (χ0) is 22.5. The van der Waals surface area contributed by atoms with E-state index in [1.54, 1.807) is 19.2 Å². The number of carbonyl (C=O) groups excluding carboxylic acids is 2. The molecule has 1 fully saturated rings. The van der Waals surface area contributed by atoms with E-state index in [-0.39, 0.29) is 24.2 Å². The minimum absolute atomic E-state index is 0.0743. The average molecular weight is 444 g/mol. The van der Waals surface area contributed by atoms with E-state index in [0.29, 0.717) is 11.5 Å². The van der Waals surface area contributed by atoms with Gasteiger partial charge in [0.1, 0.15) is 12.3 Å². The molecule has 33 heavy (non-hydrogen) atoms. The lowest BCUT2D eigenvalue weighted by Crippen LogP contribution is -2.39. The van der Waals surface area contributed by atoms with Crippen LogP contribution in [0.4, 0.5) is 5.69 Å². The number of amides is 2. The van der Waals surface area contributed by atoms with Crippen LogP contribution >= 0.6 is 0 Å². The van der Waals surface area contributed by atoms with Crippen LogP contribution in [0.3, 0.4) is 0 Å². The van der Waals surface area contributed by atoms with Gasteiger partial charge in [0, 0.05) is 5.56 Å². The van der Waals surface area contributed by atoms with Crippen LogP contribution in [0.25, 0.3) is 11.4 Å². The summed E-state index contributed by atoms with van der Waals surface area (Å²) in [4.78, 5) is 31.9. The molecule has 1 aromatic heterocycles. The van der Waals surface area contributed by atoms with Crippen LogP contribution in [0, 0.1) is 0 Å². The van der Waals surface area contributed by atoms with Gasteiger partial charge in [-0.3, -0.25) is 14.6 Å². The van der Waals surface area contributed by atoms with Gasteiger partial charge in [-0.2, -0.15) is 10.1 Å². The molecule has 166 valence electrons. The quantitative estimate of drug-likeness (QED) is 0.556. The van der Waals surface area contributed by atoms with Gasteiger partial charge in [-0.05, 0) is 66.8 Å². The van der Waals surface area contributed by atoms with Crippen LogP contribution in [0.5, 0.6) is 5.75 Å². The summed E-state index contributed by atoms with van der Waals surface area (Å²) in [6.45, 7) is 0.0743. The fourth-order valence-corrected chi connectivity index (χ4v) is 4.62. The first kappa shape index (κ1) is 19.6. The number of imide groups is 1. The van der Waals surface area contributed by atoms with E-state index in [9.17, 15) is 9.59 Å². The molecule has 10 nitrogen and oxygen atoms in total. The lowest BCUT2D eigenvalue weighted by atomic mass is 10.1. The van der Waals surface area contributed by atoms with Gasteiger partial charge in [-0.1, -0.05) is 16.4 Å². The van der Waals surface area contributed by atoms with E-state index < -0.39 is 12.1 Å². The monoisotopic (exact) mass is 444 g/mol. The third-order valence-electron chi connectivity index (χ3n) is 6.31. The molecule has 2 aliphatic heterocycles. The molecule has 3 aromatic rings. The Labute approximate surface area is 188 Å². The molecule has 3 aliphatic rings. The van der Waals surface area contributed by atoms with Gasteiger partial charge in [0.2, 0.25) is 11.7 Å². The Kier molecular flexibility index (Phi) is 4.46. The van der Waals surface area contributed by atoms with Crippen molar-refractivity contribution < 1.29 is 18.8 Å². The van der Waals surface area contributed by atoms with Crippen LogP contribution < -0.4 is 9.64 Å². The number of ether oxygens (including phenoxy) is 1. The molecule has 3 heterocycles. The second-order valence-electron chi connectivity index (χ2n) is 8.25. The van der Waals surface area contributed by atoms with Crippen molar-refractivity contribution in [3.8, 4) is 17.1 Å². The highest BCUT2D eigenvalue weighted by molar-refractivity contribution is 6.25. The van der Waals surface area contributed by atoms with Gasteiger partial charge < -0.3 is 9.26 Å². The Balaban J connectivity index is 1.21. The average Bonchev–Trinajstić information content (AvgIpc) is 3.61. The van der Waals surface area contributed by atoms with Gasteiger partial charge in [0.25, 0.3) is 11.8 Å². The second-order valence-corrected chi connectivity index (χ2v) is 8.25. The molecule has 2 unspecified atom stereocenters. The normalized spacial score (nSPS) is 21.1. The van der Waals surface area contributed by atoms with Crippen LogP contribution in [0.1, 0.15) is 23.4 Å². The lowest BCUT2D eigenvalue weighted by Gasteiger charge is -2.19. The Morgan fingerprint density at radius 1 is 1.06 bits per heavy atom. The minimum Gasteiger partial charge on any atom is -0.497 e. The molecule has 1 aliphatic carbocycles. The van der Waals surface area contributed by atoms with Crippen molar-refractivity contribution in [1.82, 2.24) is 15.1 Å². The lowest BCUT2D eigenvalue weighted by molar-refractivity contribution is -0.123. The highest BCUT2D eigenvalue weighted by Gasteiger charge is 2.55. The molecule has 0 saturated carbocycles. The third-order valence-corrected chi connectivity index (χ3v) is 6.31. The molecule has 2 amide bonds. The fourth-order valence-electron chi connectivity index (χ4n) is 4.62. The minimum atomic E-state index is -0.866. The summed E-state index contributed by atoms with van der Waals surface area (Å²) in [5.41, 5.74) is 3.83. The number of benzene rings is 2. The Bertz CT molecular complexity index is 1280. The Morgan fingerprint density at radius 2 is 1.88 bits per heavy atom. The number of nitrogens with zero attached hydrogens (tertiary/aromatic N) is 6. The molecule has 2 aromatic carbocycles. The Morgan fingerprint density at radius 3 is 2.70 bits per heavy atom. The highest BCUT2D eigenvalue weighted by Crippen LogP contribution is 2.35. The maximum Gasteiger partial charge on any atom is 0.263 e. The molecule has 1 saturated heterocycles. The van der Waals surface area contributed by atoms with Crippen molar-refractivity contribution >= 4 is 17.5 Å². The second kappa shape index (κ2) is 7.51. The van der Waals surface area contributed by atoms with Crippen LogP contribution in [-0.2, 0) is 29.0 Å². The summed E-state index contributed by atoms with van der Waals surface area (Å²) < 4.78 is 10.5. The fraction of sp³-hybridized carbons (Fsp3) is 0.304. The van der Waals surface area contributed by atoms with Gasteiger partial charge >= 0.3 is 0 Å². The largest absolute Gasteiger partial charge is 0.497 e. The van der Waals surface area contributed by atoms with E-state index in [2.05, 4.69) is 20.5 Å². The maximum atomic E-state index is 13.3. The number of hydrogen-bond donors (Lipinski definition) is 0. The summed E-state index contributed by atoms with van der Waals surface area (Å²) in [6, 6.07) is 11.4. The maximum absolute atomic E-state index is 13.3. The van der Waals surface area contributed by atoms with E-state index in [4.69, 9.17) is 9.26 Å². The first-order valence-electron chi connectivity index (χ1n) is 10.8. The number of methoxy groups -OCH3 is 1. The van der Waals surface area contributed by atoms with E-state index in [1.807, 2.05) is 30.3 Å². The summed E-state index contributed by atoms with van der Waals surface area (Å²) in [5.74, 6) is 0.704. The van der Waals surface area contributed by atoms with E-state index >= 15 is 0 Å². The molecule has 10 heteroatoms. The standard InChI is InChI=1S/C23H20N6O4/c1-32-17-9-6-14(7-10-17)21-24-18(33-26-21)12-28-20-19(25-27-28)22(30)29(23(20)31)16-8-5-13-3-2-4-15(13)11-16/h5-11,19-20H,2-4,12H2,1H3. The van der Waals surface area contributed by atoms with Gasteiger partial charge in [-0.15, -0.1) is 0 Å². The SMILES string of the molecule is COc1ccc(-c2noc(CN3N=NC4C(=O)N(c5ccc6c(c5)CCC6)C(=O)C43)n2)cc1. The first-order valence-corrected chi connectivity index (χ1v) is 10.8. The number of aryl methyl sites for hydroxylation is 2. The zero-order valence-corrected chi connectivity index (χ0v) is 17.8. The Hall–Kier alpha value is -4.08.